The Bertz CT molecular complexity index is 1080. The van der Waals surface area contributed by atoms with Crippen molar-refractivity contribution in [3.63, 3.8) is 0 Å². The molecule has 0 saturated carbocycles. The molecule has 1 amide bonds. The van der Waals surface area contributed by atoms with E-state index in [-0.39, 0.29) is 17.1 Å². The van der Waals surface area contributed by atoms with Gasteiger partial charge in [-0.1, -0.05) is 23.2 Å². The number of carbonyl (C=O) groups is 2. The van der Waals surface area contributed by atoms with E-state index in [0.717, 1.165) is 0 Å². The second kappa shape index (κ2) is 13.7. The van der Waals surface area contributed by atoms with Gasteiger partial charge >= 0.3 is 0 Å². The van der Waals surface area contributed by atoms with E-state index >= 15 is 0 Å². The van der Waals surface area contributed by atoms with Gasteiger partial charge < -0.3 is 24.3 Å². The summed E-state index contributed by atoms with van der Waals surface area (Å²) in [4.78, 5) is 25.4. The third-order valence-corrected chi connectivity index (χ3v) is 5.03. The van der Waals surface area contributed by atoms with Crippen LogP contribution in [0.25, 0.3) is 0 Å². The third kappa shape index (κ3) is 7.47. The molecule has 11 heteroatoms. The van der Waals surface area contributed by atoms with Crippen LogP contribution in [0, 0.1) is 0 Å². The maximum atomic E-state index is 13.1. The molecule has 1 N–H and O–H groups in total. The minimum atomic E-state index is -1.46. The van der Waals surface area contributed by atoms with Crippen LogP contribution in [0.15, 0.2) is 34.5 Å². The molecule has 0 aliphatic rings. The minimum Gasteiger partial charge on any atom is -0.492 e. The normalized spacial score (nSPS) is 11.7. The summed E-state index contributed by atoms with van der Waals surface area (Å²) in [6, 6.07) is 4.82. The number of halogens is 2. The number of benzene rings is 2. The Balaban J connectivity index is 2.43. The average Bonchev–Trinajstić information content (AvgIpc) is 2.80. The zero-order valence-electron chi connectivity index (χ0n) is 20.3. The molecule has 190 valence electrons. The monoisotopic (exact) mass is 525 g/mol. The molecule has 1 unspecified atom stereocenters. The first-order valence-corrected chi connectivity index (χ1v) is 11.9. The number of rotatable bonds is 13. The molecule has 0 saturated heterocycles. The maximum Gasteiger partial charge on any atom is 0.258 e. The van der Waals surface area contributed by atoms with Gasteiger partial charge in [-0.2, -0.15) is 5.11 Å². The number of ether oxygens (including phenoxy) is 4. The van der Waals surface area contributed by atoms with Gasteiger partial charge in [0.05, 0.1) is 42.2 Å². The standard InChI is InChI=1S/C24H29Cl2N3O6/c1-6-32-18-11-10-15(25)23(35-9-4)22(18)29-28-21(14(5)30)24(31)27-17-13-19(33-7-2)16(26)12-20(17)34-8-3/h10-13,21H,6-9H2,1-5H3,(H,27,31). The van der Waals surface area contributed by atoms with E-state index in [0.29, 0.717) is 53.7 Å². The highest BCUT2D eigenvalue weighted by atomic mass is 35.5. The number of ketones is 1. The van der Waals surface area contributed by atoms with Gasteiger partial charge in [-0.25, -0.2) is 0 Å². The predicted molar refractivity (Wildman–Crippen MR) is 135 cm³/mol. The number of Topliss-reactive ketones (excluding diaryl/α,β-unsaturated/α-hetero) is 1. The lowest BCUT2D eigenvalue weighted by Crippen LogP contribution is -2.32. The van der Waals surface area contributed by atoms with E-state index in [1.165, 1.54) is 19.1 Å². The quantitative estimate of drug-likeness (QED) is 0.244. The van der Waals surface area contributed by atoms with E-state index in [1.54, 1.807) is 39.8 Å². The van der Waals surface area contributed by atoms with Crippen molar-refractivity contribution >= 4 is 46.3 Å². The van der Waals surface area contributed by atoms with Crippen molar-refractivity contribution in [2.24, 2.45) is 10.2 Å². The molecule has 2 rings (SSSR count). The predicted octanol–water partition coefficient (Wildman–Crippen LogP) is 6.27. The van der Waals surface area contributed by atoms with Crippen molar-refractivity contribution in [1.82, 2.24) is 0 Å². The zero-order valence-corrected chi connectivity index (χ0v) is 21.8. The first kappa shape index (κ1) is 28.2. The highest BCUT2D eigenvalue weighted by molar-refractivity contribution is 6.33. The Morgan fingerprint density at radius 3 is 2.06 bits per heavy atom. The molecule has 0 heterocycles. The van der Waals surface area contributed by atoms with Crippen LogP contribution in [0.2, 0.25) is 10.0 Å². The van der Waals surface area contributed by atoms with Crippen molar-refractivity contribution in [1.29, 1.82) is 0 Å². The summed E-state index contributed by atoms with van der Waals surface area (Å²) in [6.07, 6.45) is 0. The van der Waals surface area contributed by atoms with E-state index in [9.17, 15) is 9.59 Å². The van der Waals surface area contributed by atoms with Crippen LogP contribution in [0.3, 0.4) is 0 Å². The van der Waals surface area contributed by atoms with Gasteiger partial charge in [-0.15, -0.1) is 5.11 Å². The molecule has 1 atom stereocenters. The molecule has 0 spiro atoms. The Hall–Kier alpha value is -3.04. The summed E-state index contributed by atoms with van der Waals surface area (Å²) in [5.41, 5.74) is 0.458. The fourth-order valence-corrected chi connectivity index (χ4v) is 3.40. The van der Waals surface area contributed by atoms with Gasteiger partial charge in [0, 0.05) is 12.1 Å². The molecule has 0 aromatic heterocycles. The first-order chi connectivity index (χ1) is 16.8. The van der Waals surface area contributed by atoms with Crippen LogP contribution < -0.4 is 24.3 Å². The average molecular weight is 526 g/mol. The highest BCUT2D eigenvalue weighted by Gasteiger charge is 2.26. The van der Waals surface area contributed by atoms with Crippen LogP contribution in [-0.2, 0) is 9.59 Å². The second-order valence-electron chi connectivity index (χ2n) is 6.95. The minimum absolute atomic E-state index is 0.181. The molecule has 9 nitrogen and oxygen atoms in total. The molecule has 35 heavy (non-hydrogen) atoms. The van der Waals surface area contributed by atoms with Crippen LogP contribution in [0.1, 0.15) is 34.6 Å². The molecular weight excluding hydrogens is 497 g/mol. The summed E-state index contributed by atoms with van der Waals surface area (Å²) in [6.45, 7) is 9.80. The van der Waals surface area contributed by atoms with E-state index < -0.39 is 17.7 Å². The van der Waals surface area contributed by atoms with Crippen molar-refractivity contribution in [2.45, 2.75) is 40.7 Å². The fourth-order valence-electron chi connectivity index (χ4n) is 2.99. The van der Waals surface area contributed by atoms with Crippen LogP contribution >= 0.6 is 23.2 Å². The van der Waals surface area contributed by atoms with Gasteiger partial charge in [0.15, 0.2) is 23.0 Å². The Morgan fingerprint density at radius 2 is 1.46 bits per heavy atom. The van der Waals surface area contributed by atoms with Crippen LogP contribution in [-0.4, -0.2) is 44.2 Å². The van der Waals surface area contributed by atoms with E-state index in [4.69, 9.17) is 42.1 Å². The van der Waals surface area contributed by atoms with Crippen molar-refractivity contribution in [2.75, 3.05) is 31.7 Å². The molecule has 2 aromatic rings. The number of anilines is 1. The summed E-state index contributed by atoms with van der Waals surface area (Å²) in [5, 5.41) is 11.4. The summed E-state index contributed by atoms with van der Waals surface area (Å²) in [5.74, 6) is 0.0241. The van der Waals surface area contributed by atoms with Crippen molar-refractivity contribution in [3.05, 3.63) is 34.3 Å². The topological polar surface area (TPSA) is 108 Å². The molecule has 0 fully saturated rings. The fraction of sp³-hybridized carbons (Fsp3) is 0.417. The van der Waals surface area contributed by atoms with Gasteiger partial charge in [0.1, 0.15) is 11.5 Å². The van der Waals surface area contributed by atoms with Crippen molar-refractivity contribution < 1.29 is 28.5 Å². The van der Waals surface area contributed by atoms with Gasteiger partial charge in [0.2, 0.25) is 6.04 Å². The Kier molecular flexibility index (Phi) is 11.1. The number of carbonyl (C=O) groups excluding carboxylic acids is 2. The number of nitrogens with zero attached hydrogens (tertiary/aromatic N) is 2. The zero-order chi connectivity index (χ0) is 26.0. The number of azo groups is 1. The van der Waals surface area contributed by atoms with Gasteiger partial charge in [-0.3, -0.25) is 9.59 Å². The number of amides is 1. The lowest BCUT2D eigenvalue weighted by atomic mass is 10.2. The second-order valence-corrected chi connectivity index (χ2v) is 7.77. The molecule has 0 aliphatic carbocycles. The molecule has 2 aromatic carbocycles. The molecule has 0 bridgehead atoms. The summed E-state index contributed by atoms with van der Waals surface area (Å²) < 4.78 is 22.3. The lowest BCUT2D eigenvalue weighted by molar-refractivity contribution is -0.126. The lowest BCUT2D eigenvalue weighted by Gasteiger charge is -2.16. The highest BCUT2D eigenvalue weighted by Crippen LogP contribution is 2.43. The largest absolute Gasteiger partial charge is 0.492 e. The maximum absolute atomic E-state index is 13.1. The van der Waals surface area contributed by atoms with Gasteiger partial charge in [-0.05, 0) is 46.8 Å². The Morgan fingerprint density at radius 1 is 0.857 bits per heavy atom. The number of hydrogen-bond acceptors (Lipinski definition) is 8. The smallest absolute Gasteiger partial charge is 0.258 e. The van der Waals surface area contributed by atoms with Gasteiger partial charge in [0.25, 0.3) is 5.91 Å². The van der Waals surface area contributed by atoms with Crippen LogP contribution in [0.4, 0.5) is 11.4 Å². The van der Waals surface area contributed by atoms with E-state index in [1.807, 2.05) is 0 Å². The molecule has 0 aliphatic heterocycles. The summed E-state index contributed by atoms with van der Waals surface area (Å²) in [7, 11) is 0. The first-order valence-electron chi connectivity index (χ1n) is 11.2. The van der Waals surface area contributed by atoms with Crippen molar-refractivity contribution in [3.8, 4) is 23.0 Å². The third-order valence-electron chi connectivity index (χ3n) is 4.43. The Labute approximate surface area is 214 Å². The molecular formula is C24H29Cl2N3O6. The SMILES string of the molecule is CCOc1cc(NC(=O)C(N=Nc2c(OCC)ccc(Cl)c2OCC)C(C)=O)c(OCC)cc1Cl. The molecule has 0 radical (unpaired) electrons. The van der Waals surface area contributed by atoms with Crippen LogP contribution in [0.5, 0.6) is 23.0 Å². The number of hydrogen-bond donors (Lipinski definition) is 1. The summed E-state index contributed by atoms with van der Waals surface area (Å²) >= 11 is 12.5. The van der Waals surface area contributed by atoms with E-state index in [2.05, 4.69) is 15.5 Å². The number of nitrogens with one attached hydrogen (secondary N) is 1.